The van der Waals surface area contributed by atoms with Crippen LogP contribution < -0.4 is 5.32 Å². The number of sulfone groups is 1. The van der Waals surface area contributed by atoms with E-state index in [-0.39, 0.29) is 5.75 Å². The van der Waals surface area contributed by atoms with Gasteiger partial charge in [-0.1, -0.05) is 6.07 Å². The molecule has 6 heteroatoms. The first kappa shape index (κ1) is 14.6. The van der Waals surface area contributed by atoms with E-state index in [1.807, 2.05) is 24.4 Å². The average molecular weight is 308 g/mol. The number of benzene rings is 1. The van der Waals surface area contributed by atoms with Crippen molar-refractivity contribution in [3.63, 3.8) is 0 Å². The van der Waals surface area contributed by atoms with Crippen LogP contribution >= 0.6 is 0 Å². The molecule has 1 aromatic carbocycles. The zero-order valence-corrected chi connectivity index (χ0v) is 12.9. The van der Waals surface area contributed by atoms with Crippen molar-refractivity contribution in [3.8, 4) is 0 Å². The van der Waals surface area contributed by atoms with Crippen LogP contribution in [0.2, 0.25) is 0 Å². The number of morpholine rings is 1. The third kappa shape index (κ3) is 3.64. The molecular weight excluding hydrogens is 288 g/mol. The molecule has 0 amide bonds. The van der Waals surface area contributed by atoms with Crippen LogP contribution in [0.1, 0.15) is 11.1 Å². The summed E-state index contributed by atoms with van der Waals surface area (Å²) in [5.41, 5.74) is 3.07. The van der Waals surface area contributed by atoms with Crippen LogP contribution in [-0.4, -0.2) is 45.5 Å². The first-order chi connectivity index (χ1) is 10.0. The van der Waals surface area contributed by atoms with E-state index in [0.29, 0.717) is 6.04 Å². The van der Waals surface area contributed by atoms with Crippen molar-refractivity contribution >= 4 is 20.7 Å². The van der Waals surface area contributed by atoms with E-state index >= 15 is 0 Å². The second-order valence-electron chi connectivity index (χ2n) is 5.69. The van der Waals surface area contributed by atoms with Gasteiger partial charge in [0.2, 0.25) is 0 Å². The molecule has 0 radical (unpaired) electrons. The van der Waals surface area contributed by atoms with Gasteiger partial charge in [-0.05, 0) is 29.7 Å². The maximum absolute atomic E-state index is 11.4. The van der Waals surface area contributed by atoms with Crippen molar-refractivity contribution in [3.05, 3.63) is 35.5 Å². The summed E-state index contributed by atoms with van der Waals surface area (Å²) in [7, 11) is -3.01. The van der Waals surface area contributed by atoms with Crippen LogP contribution in [0.15, 0.2) is 24.4 Å². The summed E-state index contributed by atoms with van der Waals surface area (Å²) in [5.74, 6) is 0.0817. The lowest BCUT2D eigenvalue weighted by molar-refractivity contribution is 0.0771. The van der Waals surface area contributed by atoms with Gasteiger partial charge in [0.1, 0.15) is 0 Å². The number of fused-ring (bicyclic) bond motifs is 1. The summed E-state index contributed by atoms with van der Waals surface area (Å²) in [6.45, 7) is 2.37. The van der Waals surface area contributed by atoms with E-state index < -0.39 is 9.84 Å². The normalized spacial score (nSPS) is 20.0. The Kier molecular flexibility index (Phi) is 4.01. The van der Waals surface area contributed by atoms with Gasteiger partial charge < -0.3 is 15.0 Å². The molecule has 0 bridgehead atoms. The molecule has 1 atom stereocenters. The topological polar surface area (TPSA) is 71.2 Å². The predicted octanol–water partition coefficient (Wildman–Crippen LogP) is 1.24. The summed E-state index contributed by atoms with van der Waals surface area (Å²) in [4.78, 5) is 3.25. The number of aromatic amines is 1. The molecule has 0 aliphatic carbocycles. The van der Waals surface area contributed by atoms with Crippen LogP contribution in [0.5, 0.6) is 0 Å². The highest BCUT2D eigenvalue weighted by molar-refractivity contribution is 7.89. The fourth-order valence-electron chi connectivity index (χ4n) is 2.80. The monoisotopic (exact) mass is 308 g/mol. The van der Waals surface area contributed by atoms with E-state index in [0.717, 1.165) is 42.6 Å². The van der Waals surface area contributed by atoms with Gasteiger partial charge in [0, 0.05) is 35.9 Å². The third-order valence-electron chi connectivity index (χ3n) is 3.73. The molecule has 1 aliphatic rings. The van der Waals surface area contributed by atoms with E-state index in [2.05, 4.69) is 10.3 Å². The van der Waals surface area contributed by atoms with Gasteiger partial charge in [-0.3, -0.25) is 0 Å². The number of ether oxygens (including phenoxy) is 1. The van der Waals surface area contributed by atoms with Crippen LogP contribution in [0, 0.1) is 0 Å². The predicted molar refractivity (Wildman–Crippen MR) is 83.2 cm³/mol. The third-order valence-corrected chi connectivity index (χ3v) is 4.58. The smallest absolute Gasteiger partial charge is 0.151 e. The Morgan fingerprint density at radius 3 is 2.95 bits per heavy atom. The van der Waals surface area contributed by atoms with Crippen LogP contribution in [0.25, 0.3) is 10.9 Å². The molecule has 1 aliphatic heterocycles. The summed E-state index contributed by atoms with van der Waals surface area (Å²) < 4.78 is 28.4. The molecule has 1 fully saturated rings. The minimum absolute atomic E-state index is 0.0817. The van der Waals surface area contributed by atoms with Gasteiger partial charge >= 0.3 is 0 Å². The highest BCUT2D eigenvalue weighted by Crippen LogP contribution is 2.22. The zero-order valence-electron chi connectivity index (χ0n) is 12.1. The second-order valence-corrected chi connectivity index (χ2v) is 7.83. The summed E-state index contributed by atoms with van der Waals surface area (Å²) in [5, 5.41) is 4.54. The van der Waals surface area contributed by atoms with Crippen LogP contribution in [0.4, 0.5) is 0 Å². The molecule has 2 aromatic rings. The number of aromatic nitrogens is 1. The lowest BCUT2D eigenvalue weighted by atomic mass is 10.0. The van der Waals surface area contributed by atoms with Crippen molar-refractivity contribution in [1.82, 2.24) is 10.3 Å². The molecule has 5 nitrogen and oxygen atoms in total. The summed E-state index contributed by atoms with van der Waals surface area (Å²) >= 11 is 0. The fourth-order valence-corrected chi connectivity index (χ4v) is 3.59. The van der Waals surface area contributed by atoms with E-state index in [9.17, 15) is 8.42 Å². The van der Waals surface area contributed by atoms with Crippen LogP contribution in [-0.2, 0) is 26.7 Å². The van der Waals surface area contributed by atoms with Crippen molar-refractivity contribution in [2.75, 3.05) is 26.0 Å². The Bertz CT molecular complexity index is 730. The van der Waals surface area contributed by atoms with Gasteiger partial charge in [-0.2, -0.15) is 0 Å². The van der Waals surface area contributed by atoms with Crippen molar-refractivity contribution in [2.24, 2.45) is 0 Å². The summed E-state index contributed by atoms with van der Waals surface area (Å²) in [6.07, 6.45) is 4.14. The second kappa shape index (κ2) is 5.79. The van der Waals surface area contributed by atoms with Crippen molar-refractivity contribution in [2.45, 2.75) is 18.2 Å². The first-order valence-electron chi connectivity index (χ1n) is 7.09. The van der Waals surface area contributed by atoms with E-state index in [4.69, 9.17) is 4.74 Å². The Morgan fingerprint density at radius 2 is 2.24 bits per heavy atom. The number of hydrogen-bond acceptors (Lipinski definition) is 4. The molecular formula is C15H20N2O3S. The molecule has 3 rings (SSSR count). The zero-order chi connectivity index (χ0) is 14.9. The molecule has 1 aromatic heterocycles. The minimum Gasteiger partial charge on any atom is -0.379 e. The molecule has 0 saturated carbocycles. The molecule has 2 heterocycles. The van der Waals surface area contributed by atoms with Gasteiger partial charge in [0.25, 0.3) is 0 Å². The van der Waals surface area contributed by atoms with Gasteiger partial charge in [0.15, 0.2) is 9.84 Å². The highest BCUT2D eigenvalue weighted by atomic mass is 32.2. The lowest BCUT2D eigenvalue weighted by Crippen LogP contribution is -2.42. The van der Waals surface area contributed by atoms with Gasteiger partial charge in [0.05, 0.1) is 19.0 Å². The maximum atomic E-state index is 11.4. The molecule has 0 unspecified atom stereocenters. The minimum atomic E-state index is -3.01. The Hall–Kier alpha value is -1.37. The lowest BCUT2D eigenvalue weighted by Gasteiger charge is -2.23. The number of hydrogen-bond donors (Lipinski definition) is 2. The Labute approximate surface area is 124 Å². The molecule has 114 valence electrons. The van der Waals surface area contributed by atoms with Gasteiger partial charge in [-0.25, -0.2) is 8.42 Å². The maximum Gasteiger partial charge on any atom is 0.151 e. The highest BCUT2D eigenvalue weighted by Gasteiger charge is 2.16. The van der Waals surface area contributed by atoms with Crippen LogP contribution in [0.3, 0.4) is 0 Å². The number of H-pyrrole nitrogens is 1. The number of nitrogens with one attached hydrogen (secondary N) is 2. The SMILES string of the molecule is CS(=O)(=O)Cc1ccc2[nH]cc(C[C@H]3COCCN3)c2c1. The van der Waals surface area contributed by atoms with Gasteiger partial charge in [-0.15, -0.1) is 0 Å². The quantitative estimate of drug-likeness (QED) is 0.891. The van der Waals surface area contributed by atoms with E-state index in [1.54, 1.807) is 0 Å². The van der Waals surface area contributed by atoms with E-state index in [1.165, 1.54) is 11.8 Å². The molecule has 1 saturated heterocycles. The Balaban J connectivity index is 1.86. The van der Waals surface area contributed by atoms with Crippen molar-refractivity contribution in [1.29, 1.82) is 0 Å². The molecule has 2 N–H and O–H groups in total. The molecule has 0 spiro atoms. The molecule has 21 heavy (non-hydrogen) atoms. The average Bonchev–Trinajstić information content (AvgIpc) is 2.81. The standard InChI is InChI=1S/C15H20N2O3S/c1-21(18,19)10-11-2-3-15-14(6-11)12(8-17-15)7-13-9-20-5-4-16-13/h2-3,6,8,13,16-17H,4-5,7,9-10H2,1H3/t13-/m0/s1. The number of rotatable bonds is 4. The van der Waals surface area contributed by atoms with Crippen molar-refractivity contribution < 1.29 is 13.2 Å². The fraction of sp³-hybridized carbons (Fsp3) is 0.467. The summed E-state index contributed by atoms with van der Waals surface area (Å²) in [6, 6.07) is 6.11. The Morgan fingerprint density at radius 1 is 1.38 bits per heavy atom. The first-order valence-corrected chi connectivity index (χ1v) is 9.15. The largest absolute Gasteiger partial charge is 0.379 e.